The second-order valence-electron chi connectivity index (χ2n) is 3.91. The van der Waals surface area contributed by atoms with Crippen LogP contribution in [0.4, 0.5) is 0 Å². The summed E-state index contributed by atoms with van der Waals surface area (Å²) in [5, 5.41) is 8.72. The third kappa shape index (κ3) is 11.2. The Morgan fingerprint density at radius 3 is 2.12 bits per heavy atom. The molecule has 0 aliphatic rings. The fraction of sp³-hybridized carbons (Fsp3) is 0.833. The number of hydrogen-bond donors (Lipinski definition) is 3. The Hall–Kier alpha value is -1.10. The Morgan fingerprint density at radius 2 is 1.53 bits per heavy atom. The zero-order valence-corrected chi connectivity index (χ0v) is 11.0. The highest BCUT2D eigenvalue weighted by atomic mass is 16.2. The van der Waals surface area contributed by atoms with Gasteiger partial charge >= 0.3 is 0 Å². The lowest BCUT2D eigenvalue weighted by molar-refractivity contribution is -0.122. The molecule has 0 saturated heterocycles. The van der Waals surface area contributed by atoms with E-state index in [0.717, 1.165) is 19.5 Å². The lowest BCUT2D eigenvalue weighted by atomic mass is 10.2. The SMILES string of the molecule is CCCNCCNC(=O)CCCC(=O)NCC. The summed E-state index contributed by atoms with van der Waals surface area (Å²) in [6, 6.07) is 0. The van der Waals surface area contributed by atoms with Crippen LogP contribution in [0.1, 0.15) is 39.5 Å². The smallest absolute Gasteiger partial charge is 0.220 e. The van der Waals surface area contributed by atoms with E-state index in [1.807, 2.05) is 6.92 Å². The highest BCUT2D eigenvalue weighted by Gasteiger charge is 2.03. The molecule has 5 heteroatoms. The number of carbonyl (C=O) groups is 2. The summed E-state index contributed by atoms with van der Waals surface area (Å²) < 4.78 is 0. The van der Waals surface area contributed by atoms with Gasteiger partial charge in [-0.15, -0.1) is 0 Å². The van der Waals surface area contributed by atoms with Crippen molar-refractivity contribution in [2.75, 3.05) is 26.2 Å². The van der Waals surface area contributed by atoms with Crippen molar-refractivity contribution in [2.45, 2.75) is 39.5 Å². The Balaban J connectivity index is 3.31. The fourth-order valence-electron chi connectivity index (χ4n) is 1.38. The van der Waals surface area contributed by atoms with Gasteiger partial charge in [0.25, 0.3) is 0 Å². The van der Waals surface area contributed by atoms with Gasteiger partial charge in [-0.3, -0.25) is 9.59 Å². The van der Waals surface area contributed by atoms with Crippen LogP contribution in [0.15, 0.2) is 0 Å². The van der Waals surface area contributed by atoms with E-state index >= 15 is 0 Å². The quantitative estimate of drug-likeness (QED) is 0.487. The predicted octanol–water partition coefficient (Wildman–Crippen LogP) is 0.409. The summed E-state index contributed by atoms with van der Waals surface area (Å²) in [7, 11) is 0. The molecule has 0 bridgehead atoms. The molecule has 2 amide bonds. The van der Waals surface area contributed by atoms with Crippen molar-refractivity contribution in [2.24, 2.45) is 0 Å². The summed E-state index contributed by atoms with van der Waals surface area (Å²) >= 11 is 0. The molecule has 0 aromatic heterocycles. The molecule has 0 atom stereocenters. The van der Waals surface area contributed by atoms with Crippen molar-refractivity contribution in [1.82, 2.24) is 16.0 Å². The van der Waals surface area contributed by atoms with Crippen LogP contribution in [0.5, 0.6) is 0 Å². The van der Waals surface area contributed by atoms with Gasteiger partial charge in [0.15, 0.2) is 0 Å². The maximum absolute atomic E-state index is 11.3. The van der Waals surface area contributed by atoms with E-state index in [0.29, 0.717) is 32.4 Å². The summed E-state index contributed by atoms with van der Waals surface area (Å²) in [5.41, 5.74) is 0. The molecule has 0 spiro atoms. The van der Waals surface area contributed by atoms with Gasteiger partial charge in [0.1, 0.15) is 0 Å². The Labute approximate surface area is 104 Å². The molecule has 0 heterocycles. The number of amides is 2. The van der Waals surface area contributed by atoms with Crippen LogP contribution < -0.4 is 16.0 Å². The van der Waals surface area contributed by atoms with E-state index in [1.54, 1.807) is 0 Å². The molecule has 0 aliphatic carbocycles. The summed E-state index contributed by atoms with van der Waals surface area (Å²) in [5.74, 6) is 0.0394. The van der Waals surface area contributed by atoms with E-state index in [1.165, 1.54) is 0 Å². The van der Waals surface area contributed by atoms with E-state index in [2.05, 4.69) is 22.9 Å². The normalized spacial score (nSPS) is 10.0. The standard InChI is InChI=1S/C12H25N3O2/c1-3-8-13-9-10-15-12(17)7-5-6-11(16)14-4-2/h13H,3-10H2,1-2H3,(H,14,16)(H,15,17). The highest BCUT2D eigenvalue weighted by Crippen LogP contribution is 1.94. The maximum Gasteiger partial charge on any atom is 0.220 e. The number of hydrogen-bond acceptors (Lipinski definition) is 3. The van der Waals surface area contributed by atoms with Crippen molar-refractivity contribution in [3.63, 3.8) is 0 Å². The Bertz CT molecular complexity index is 220. The zero-order chi connectivity index (χ0) is 12.9. The average molecular weight is 243 g/mol. The lowest BCUT2D eigenvalue weighted by Gasteiger charge is -2.06. The minimum atomic E-state index is 0.0184. The van der Waals surface area contributed by atoms with Crippen molar-refractivity contribution in [3.8, 4) is 0 Å². The topological polar surface area (TPSA) is 70.2 Å². The molecule has 0 aromatic carbocycles. The lowest BCUT2D eigenvalue weighted by Crippen LogP contribution is -2.32. The van der Waals surface area contributed by atoms with Crippen molar-refractivity contribution < 1.29 is 9.59 Å². The molecule has 0 aromatic rings. The van der Waals surface area contributed by atoms with Crippen molar-refractivity contribution >= 4 is 11.8 Å². The monoisotopic (exact) mass is 243 g/mol. The van der Waals surface area contributed by atoms with Crippen LogP contribution in [0, 0.1) is 0 Å². The molecule has 100 valence electrons. The van der Waals surface area contributed by atoms with E-state index in [-0.39, 0.29) is 11.8 Å². The molecule has 17 heavy (non-hydrogen) atoms. The summed E-state index contributed by atoms with van der Waals surface area (Å²) in [6.07, 6.45) is 2.56. The number of carbonyl (C=O) groups excluding carboxylic acids is 2. The van der Waals surface area contributed by atoms with Gasteiger partial charge < -0.3 is 16.0 Å². The van der Waals surface area contributed by atoms with Crippen molar-refractivity contribution in [1.29, 1.82) is 0 Å². The van der Waals surface area contributed by atoms with Crippen LogP contribution in [0.25, 0.3) is 0 Å². The first kappa shape index (κ1) is 15.9. The van der Waals surface area contributed by atoms with E-state index in [9.17, 15) is 9.59 Å². The molecule has 0 saturated carbocycles. The highest BCUT2D eigenvalue weighted by molar-refractivity contribution is 5.78. The van der Waals surface area contributed by atoms with Crippen LogP contribution in [-0.2, 0) is 9.59 Å². The molecule has 3 N–H and O–H groups in total. The summed E-state index contributed by atoms with van der Waals surface area (Å²) in [4.78, 5) is 22.4. The second-order valence-corrected chi connectivity index (χ2v) is 3.91. The molecular weight excluding hydrogens is 218 g/mol. The van der Waals surface area contributed by atoms with Gasteiger partial charge in [-0.05, 0) is 26.3 Å². The van der Waals surface area contributed by atoms with Gasteiger partial charge in [0.05, 0.1) is 0 Å². The molecule has 0 unspecified atom stereocenters. The van der Waals surface area contributed by atoms with Crippen LogP contribution in [0.3, 0.4) is 0 Å². The molecule has 0 rings (SSSR count). The molecule has 0 aliphatic heterocycles. The first-order valence-electron chi connectivity index (χ1n) is 6.44. The largest absolute Gasteiger partial charge is 0.356 e. The predicted molar refractivity (Wildman–Crippen MR) is 68.7 cm³/mol. The van der Waals surface area contributed by atoms with Crippen LogP contribution >= 0.6 is 0 Å². The first-order chi connectivity index (χ1) is 8.20. The second kappa shape index (κ2) is 11.4. The van der Waals surface area contributed by atoms with Crippen LogP contribution in [0.2, 0.25) is 0 Å². The van der Waals surface area contributed by atoms with E-state index in [4.69, 9.17) is 0 Å². The van der Waals surface area contributed by atoms with Gasteiger partial charge in [0, 0.05) is 32.5 Å². The fourth-order valence-corrected chi connectivity index (χ4v) is 1.38. The van der Waals surface area contributed by atoms with Gasteiger partial charge in [-0.2, -0.15) is 0 Å². The van der Waals surface area contributed by atoms with Crippen molar-refractivity contribution in [3.05, 3.63) is 0 Å². The molecule has 5 nitrogen and oxygen atoms in total. The number of rotatable bonds is 10. The Kier molecular flexibility index (Phi) is 10.7. The molecular formula is C12H25N3O2. The third-order valence-electron chi connectivity index (χ3n) is 2.23. The number of nitrogens with one attached hydrogen (secondary N) is 3. The minimum absolute atomic E-state index is 0.0184. The van der Waals surface area contributed by atoms with Crippen LogP contribution in [-0.4, -0.2) is 38.0 Å². The Morgan fingerprint density at radius 1 is 0.882 bits per heavy atom. The molecule has 0 radical (unpaired) electrons. The minimum Gasteiger partial charge on any atom is -0.356 e. The first-order valence-corrected chi connectivity index (χ1v) is 6.44. The third-order valence-corrected chi connectivity index (χ3v) is 2.23. The maximum atomic E-state index is 11.3. The van der Waals surface area contributed by atoms with Gasteiger partial charge in [-0.1, -0.05) is 6.92 Å². The average Bonchev–Trinajstić information content (AvgIpc) is 2.29. The summed E-state index contributed by atoms with van der Waals surface area (Å²) in [6.45, 7) is 7.07. The molecule has 0 fully saturated rings. The van der Waals surface area contributed by atoms with Gasteiger partial charge in [0.2, 0.25) is 11.8 Å². The van der Waals surface area contributed by atoms with Gasteiger partial charge in [-0.25, -0.2) is 0 Å². The zero-order valence-electron chi connectivity index (χ0n) is 11.0. The van der Waals surface area contributed by atoms with E-state index < -0.39 is 0 Å².